The normalized spacial score (nSPS) is 11.3. The molecule has 0 aliphatic heterocycles. The van der Waals surface area contributed by atoms with Gasteiger partial charge < -0.3 is 9.88 Å². The zero-order valence-corrected chi connectivity index (χ0v) is 18.6. The summed E-state index contributed by atoms with van der Waals surface area (Å²) in [6, 6.07) is 25.7. The average molecular weight is 470 g/mol. The van der Waals surface area contributed by atoms with Crippen molar-refractivity contribution in [1.82, 2.24) is 4.57 Å². The van der Waals surface area contributed by atoms with Gasteiger partial charge in [-0.05, 0) is 54.5 Å². The van der Waals surface area contributed by atoms with E-state index in [0.29, 0.717) is 12.2 Å². The molecule has 0 radical (unpaired) electrons. The summed E-state index contributed by atoms with van der Waals surface area (Å²) >= 11 is 3.47. The Morgan fingerprint density at radius 2 is 1.87 bits per heavy atom. The average Bonchev–Trinajstić information content (AvgIpc) is 3.11. The molecule has 0 saturated carbocycles. The molecule has 4 aromatic rings. The summed E-state index contributed by atoms with van der Waals surface area (Å²) in [7, 11) is 0. The lowest BCUT2D eigenvalue weighted by atomic mass is 10.1. The monoisotopic (exact) mass is 469 g/mol. The van der Waals surface area contributed by atoms with Crippen LogP contribution in [0.25, 0.3) is 17.0 Å². The smallest absolute Gasteiger partial charge is 0.266 e. The van der Waals surface area contributed by atoms with Gasteiger partial charge in [0.15, 0.2) is 0 Å². The minimum absolute atomic E-state index is 0.0630. The Hall–Kier alpha value is -3.62. The standard InChI is InChI=1S/C26H20BrN3O/c1-18-5-4-6-23(13-18)29-26(31)20(15-28)14-21-17-30(25-8-3-2-7-24(21)25)16-19-9-11-22(27)12-10-19/h2-14,17H,16H2,1H3,(H,29,31)/b20-14+. The van der Waals surface area contributed by atoms with Crippen molar-refractivity contribution in [2.24, 2.45) is 0 Å². The summed E-state index contributed by atoms with van der Waals surface area (Å²) in [5.74, 6) is -0.419. The highest BCUT2D eigenvalue weighted by Crippen LogP contribution is 2.25. The summed E-state index contributed by atoms with van der Waals surface area (Å²) in [5.41, 5.74) is 4.82. The van der Waals surface area contributed by atoms with Crippen LogP contribution in [0.15, 0.2) is 89.0 Å². The Bertz CT molecular complexity index is 1330. The Labute approximate surface area is 189 Å². The first-order chi connectivity index (χ1) is 15.0. The third kappa shape index (κ3) is 4.76. The molecule has 31 heavy (non-hydrogen) atoms. The topological polar surface area (TPSA) is 57.8 Å². The first-order valence-electron chi connectivity index (χ1n) is 9.85. The number of hydrogen-bond donors (Lipinski definition) is 1. The zero-order chi connectivity index (χ0) is 21.8. The number of aryl methyl sites for hydroxylation is 1. The fourth-order valence-electron chi connectivity index (χ4n) is 3.53. The minimum Gasteiger partial charge on any atom is -0.342 e. The van der Waals surface area contributed by atoms with Crippen LogP contribution in [0.1, 0.15) is 16.7 Å². The third-order valence-electron chi connectivity index (χ3n) is 5.03. The van der Waals surface area contributed by atoms with E-state index in [2.05, 4.69) is 37.9 Å². The van der Waals surface area contributed by atoms with Gasteiger partial charge in [0.1, 0.15) is 11.6 Å². The quantitative estimate of drug-likeness (QED) is 0.275. The van der Waals surface area contributed by atoms with E-state index < -0.39 is 5.91 Å². The van der Waals surface area contributed by atoms with Crippen molar-refractivity contribution in [1.29, 1.82) is 5.26 Å². The maximum absolute atomic E-state index is 12.7. The molecule has 0 unspecified atom stereocenters. The number of carbonyl (C=O) groups excluding carboxylic acids is 1. The molecule has 152 valence electrons. The van der Waals surface area contributed by atoms with Crippen LogP contribution in [-0.2, 0) is 11.3 Å². The second-order valence-corrected chi connectivity index (χ2v) is 8.27. The highest BCUT2D eigenvalue weighted by molar-refractivity contribution is 9.10. The maximum atomic E-state index is 12.7. The van der Waals surface area contributed by atoms with Crippen LogP contribution < -0.4 is 5.32 Å². The minimum atomic E-state index is -0.419. The lowest BCUT2D eigenvalue weighted by molar-refractivity contribution is -0.112. The number of nitrogens with zero attached hydrogens (tertiary/aromatic N) is 2. The summed E-state index contributed by atoms with van der Waals surface area (Å²) in [6.07, 6.45) is 3.65. The highest BCUT2D eigenvalue weighted by Gasteiger charge is 2.13. The van der Waals surface area contributed by atoms with E-state index in [0.717, 1.165) is 32.1 Å². The number of amides is 1. The van der Waals surface area contributed by atoms with E-state index in [1.165, 1.54) is 0 Å². The number of anilines is 1. The largest absolute Gasteiger partial charge is 0.342 e. The number of halogens is 1. The van der Waals surface area contributed by atoms with Gasteiger partial charge in [0.25, 0.3) is 5.91 Å². The molecule has 0 saturated heterocycles. The molecule has 0 bridgehead atoms. The Kier molecular flexibility index (Phi) is 6.01. The molecule has 1 aromatic heterocycles. The van der Waals surface area contributed by atoms with Crippen molar-refractivity contribution < 1.29 is 4.79 Å². The van der Waals surface area contributed by atoms with Crippen molar-refractivity contribution >= 4 is 44.5 Å². The van der Waals surface area contributed by atoms with Crippen LogP contribution in [0.3, 0.4) is 0 Å². The van der Waals surface area contributed by atoms with E-state index in [-0.39, 0.29) is 5.57 Å². The van der Waals surface area contributed by atoms with Gasteiger partial charge in [-0.15, -0.1) is 0 Å². The molecule has 0 spiro atoms. The number of hydrogen-bond acceptors (Lipinski definition) is 2. The Morgan fingerprint density at radius 1 is 1.10 bits per heavy atom. The number of para-hydroxylation sites is 1. The molecule has 5 heteroatoms. The fraction of sp³-hybridized carbons (Fsp3) is 0.0769. The second-order valence-electron chi connectivity index (χ2n) is 7.35. The first kappa shape index (κ1) is 20.6. The number of carbonyl (C=O) groups is 1. The van der Waals surface area contributed by atoms with Crippen molar-refractivity contribution in [3.63, 3.8) is 0 Å². The van der Waals surface area contributed by atoms with Crippen LogP contribution in [-0.4, -0.2) is 10.5 Å². The van der Waals surface area contributed by atoms with Crippen LogP contribution in [0, 0.1) is 18.3 Å². The van der Waals surface area contributed by atoms with Gasteiger partial charge in [-0.1, -0.05) is 58.4 Å². The first-order valence-corrected chi connectivity index (χ1v) is 10.6. The van der Waals surface area contributed by atoms with Crippen LogP contribution in [0.2, 0.25) is 0 Å². The number of rotatable bonds is 5. The SMILES string of the molecule is Cc1cccc(NC(=O)/C(C#N)=C/c2cn(Cc3ccc(Br)cc3)c3ccccc23)c1. The van der Waals surface area contributed by atoms with Crippen molar-refractivity contribution in [3.05, 3.63) is 106 Å². The molecule has 4 nitrogen and oxygen atoms in total. The van der Waals surface area contributed by atoms with Gasteiger partial charge in [0.2, 0.25) is 0 Å². The lowest BCUT2D eigenvalue weighted by Crippen LogP contribution is -2.13. The summed E-state index contributed by atoms with van der Waals surface area (Å²) < 4.78 is 3.17. The van der Waals surface area contributed by atoms with E-state index in [1.54, 1.807) is 6.08 Å². The number of fused-ring (bicyclic) bond motifs is 1. The Morgan fingerprint density at radius 3 is 2.61 bits per heavy atom. The highest BCUT2D eigenvalue weighted by atomic mass is 79.9. The van der Waals surface area contributed by atoms with Crippen LogP contribution in [0.5, 0.6) is 0 Å². The van der Waals surface area contributed by atoms with Crippen molar-refractivity contribution in [2.45, 2.75) is 13.5 Å². The summed E-state index contributed by atoms with van der Waals surface area (Å²) in [4.78, 5) is 12.7. The molecular weight excluding hydrogens is 450 g/mol. The molecule has 0 aliphatic carbocycles. The van der Waals surface area contributed by atoms with E-state index in [1.807, 2.05) is 79.9 Å². The summed E-state index contributed by atoms with van der Waals surface area (Å²) in [5, 5.41) is 13.4. The predicted octanol–water partition coefficient (Wildman–Crippen LogP) is 6.31. The molecule has 0 atom stereocenters. The van der Waals surface area contributed by atoms with E-state index >= 15 is 0 Å². The molecule has 4 rings (SSSR count). The number of benzene rings is 3. The summed E-state index contributed by atoms with van der Waals surface area (Å²) in [6.45, 7) is 2.65. The molecule has 1 heterocycles. The zero-order valence-electron chi connectivity index (χ0n) is 17.0. The number of nitrogens with one attached hydrogen (secondary N) is 1. The second kappa shape index (κ2) is 9.03. The number of aromatic nitrogens is 1. The fourth-order valence-corrected chi connectivity index (χ4v) is 3.80. The van der Waals surface area contributed by atoms with Gasteiger partial charge in [0, 0.05) is 39.4 Å². The van der Waals surface area contributed by atoms with Crippen molar-refractivity contribution in [2.75, 3.05) is 5.32 Å². The molecule has 1 N–H and O–H groups in total. The molecule has 1 amide bonds. The van der Waals surface area contributed by atoms with Crippen LogP contribution >= 0.6 is 15.9 Å². The maximum Gasteiger partial charge on any atom is 0.266 e. The predicted molar refractivity (Wildman–Crippen MR) is 129 cm³/mol. The molecule has 3 aromatic carbocycles. The lowest BCUT2D eigenvalue weighted by Gasteiger charge is -2.05. The van der Waals surface area contributed by atoms with Crippen molar-refractivity contribution in [3.8, 4) is 6.07 Å². The van der Waals surface area contributed by atoms with Gasteiger partial charge >= 0.3 is 0 Å². The van der Waals surface area contributed by atoms with Gasteiger partial charge in [-0.3, -0.25) is 4.79 Å². The Balaban J connectivity index is 1.67. The van der Waals surface area contributed by atoms with Gasteiger partial charge in [-0.25, -0.2) is 0 Å². The van der Waals surface area contributed by atoms with Crippen LogP contribution in [0.4, 0.5) is 5.69 Å². The van der Waals surface area contributed by atoms with E-state index in [9.17, 15) is 10.1 Å². The molecule has 0 aliphatic rings. The third-order valence-corrected chi connectivity index (χ3v) is 5.56. The van der Waals surface area contributed by atoms with Gasteiger partial charge in [-0.2, -0.15) is 5.26 Å². The van der Waals surface area contributed by atoms with E-state index in [4.69, 9.17) is 0 Å². The molecular formula is C26H20BrN3O. The molecule has 0 fully saturated rings. The number of nitriles is 1. The van der Waals surface area contributed by atoms with Gasteiger partial charge in [0.05, 0.1) is 0 Å².